The van der Waals surface area contributed by atoms with Crippen LogP contribution in [0.15, 0.2) is 27.4 Å². The van der Waals surface area contributed by atoms with Gasteiger partial charge >= 0.3 is 0 Å². The second kappa shape index (κ2) is 9.72. The fourth-order valence-corrected chi connectivity index (χ4v) is 6.49. The standard InChI is InChI=1S/C19H25N5O4S3/c1-2-28-15-8-7-14(11-16(15)31(26,27)24-9-3-4-10-24)20-17(25)12-29-19-23-22-18(30-19)21-13-5-6-13/h7-8,11,13H,2-6,9-10,12H2,1H3,(H,20,25)(H,21,22). The Bertz CT molecular complexity index is 1030. The second-order valence-electron chi connectivity index (χ2n) is 7.33. The van der Waals surface area contributed by atoms with Crippen molar-refractivity contribution in [3.8, 4) is 5.75 Å². The fraction of sp³-hybridized carbons (Fsp3) is 0.526. The van der Waals surface area contributed by atoms with E-state index >= 15 is 0 Å². The van der Waals surface area contributed by atoms with E-state index in [4.69, 9.17) is 4.74 Å². The maximum atomic E-state index is 13.1. The highest BCUT2D eigenvalue weighted by molar-refractivity contribution is 8.01. The Morgan fingerprint density at radius 2 is 2.06 bits per heavy atom. The molecule has 0 bridgehead atoms. The van der Waals surface area contributed by atoms with Crippen LogP contribution >= 0.6 is 23.1 Å². The molecule has 0 unspecified atom stereocenters. The molecule has 1 saturated heterocycles. The number of ether oxygens (including phenoxy) is 1. The number of thioether (sulfide) groups is 1. The van der Waals surface area contributed by atoms with Crippen molar-refractivity contribution in [1.29, 1.82) is 0 Å². The number of benzene rings is 1. The lowest BCUT2D eigenvalue weighted by Gasteiger charge is -2.19. The number of carbonyl (C=O) groups excluding carboxylic acids is 1. The van der Waals surface area contributed by atoms with Crippen molar-refractivity contribution in [3.05, 3.63) is 18.2 Å². The van der Waals surface area contributed by atoms with E-state index in [1.807, 2.05) is 0 Å². The predicted molar refractivity (Wildman–Crippen MR) is 122 cm³/mol. The molecule has 31 heavy (non-hydrogen) atoms. The SMILES string of the molecule is CCOc1ccc(NC(=O)CSc2nnc(NC3CC3)s2)cc1S(=O)(=O)N1CCCC1. The first-order valence-electron chi connectivity index (χ1n) is 10.3. The summed E-state index contributed by atoms with van der Waals surface area (Å²) >= 11 is 2.72. The summed E-state index contributed by atoms with van der Waals surface area (Å²) < 4.78 is 33.9. The van der Waals surface area contributed by atoms with Crippen LogP contribution in [0, 0.1) is 0 Å². The molecule has 2 N–H and O–H groups in total. The Hall–Kier alpha value is -1.89. The quantitative estimate of drug-likeness (QED) is 0.496. The fourth-order valence-electron chi connectivity index (χ4n) is 3.18. The van der Waals surface area contributed by atoms with E-state index in [-0.39, 0.29) is 16.6 Å². The van der Waals surface area contributed by atoms with Gasteiger partial charge in [-0.05, 0) is 50.8 Å². The Labute approximate surface area is 190 Å². The maximum Gasteiger partial charge on any atom is 0.246 e. The number of anilines is 2. The second-order valence-corrected chi connectivity index (χ2v) is 11.4. The van der Waals surface area contributed by atoms with Crippen molar-refractivity contribution in [2.75, 3.05) is 36.1 Å². The van der Waals surface area contributed by atoms with Crippen LogP contribution in [-0.2, 0) is 14.8 Å². The van der Waals surface area contributed by atoms with Crippen LogP contribution in [-0.4, -0.2) is 60.3 Å². The summed E-state index contributed by atoms with van der Waals surface area (Å²) in [4.78, 5) is 12.5. The van der Waals surface area contributed by atoms with Crippen LogP contribution < -0.4 is 15.4 Å². The average molecular weight is 484 g/mol. The van der Waals surface area contributed by atoms with Crippen LogP contribution in [0.3, 0.4) is 0 Å². The molecular formula is C19H25N5O4S3. The summed E-state index contributed by atoms with van der Waals surface area (Å²) in [5.41, 5.74) is 0.417. The van der Waals surface area contributed by atoms with Crippen LogP contribution in [0.4, 0.5) is 10.8 Å². The first-order chi connectivity index (χ1) is 15.0. The van der Waals surface area contributed by atoms with Crippen molar-refractivity contribution in [2.45, 2.75) is 47.9 Å². The number of sulfonamides is 1. The van der Waals surface area contributed by atoms with E-state index in [2.05, 4.69) is 20.8 Å². The van der Waals surface area contributed by atoms with E-state index in [0.717, 1.165) is 30.8 Å². The van der Waals surface area contributed by atoms with Gasteiger partial charge in [0.05, 0.1) is 12.4 Å². The van der Waals surface area contributed by atoms with Gasteiger partial charge in [0.15, 0.2) is 4.34 Å². The monoisotopic (exact) mass is 483 g/mol. The van der Waals surface area contributed by atoms with E-state index in [9.17, 15) is 13.2 Å². The first-order valence-corrected chi connectivity index (χ1v) is 13.5. The minimum atomic E-state index is -3.68. The van der Waals surface area contributed by atoms with Gasteiger partial charge in [0.2, 0.25) is 21.1 Å². The Morgan fingerprint density at radius 1 is 1.29 bits per heavy atom. The molecule has 2 aliphatic rings. The lowest BCUT2D eigenvalue weighted by Crippen LogP contribution is -2.28. The van der Waals surface area contributed by atoms with Gasteiger partial charge in [0, 0.05) is 24.8 Å². The molecule has 1 amide bonds. The maximum absolute atomic E-state index is 13.1. The number of carbonyl (C=O) groups is 1. The highest BCUT2D eigenvalue weighted by Gasteiger charge is 2.30. The van der Waals surface area contributed by atoms with E-state index < -0.39 is 10.0 Å². The van der Waals surface area contributed by atoms with Gasteiger partial charge in [0.1, 0.15) is 10.6 Å². The topological polar surface area (TPSA) is 114 Å². The van der Waals surface area contributed by atoms with Crippen molar-refractivity contribution in [1.82, 2.24) is 14.5 Å². The third kappa shape index (κ3) is 5.68. The molecule has 12 heteroatoms. The number of hydrogen-bond acceptors (Lipinski definition) is 9. The number of rotatable bonds is 10. The zero-order valence-corrected chi connectivity index (χ0v) is 19.6. The lowest BCUT2D eigenvalue weighted by molar-refractivity contribution is -0.113. The summed E-state index contributed by atoms with van der Waals surface area (Å²) in [6, 6.07) is 5.22. The summed E-state index contributed by atoms with van der Waals surface area (Å²) in [6.45, 7) is 3.16. The first kappa shape index (κ1) is 22.3. The number of hydrogen-bond donors (Lipinski definition) is 2. The molecular weight excluding hydrogens is 458 g/mol. The summed E-state index contributed by atoms with van der Waals surface area (Å²) in [7, 11) is -3.68. The van der Waals surface area contributed by atoms with Gasteiger partial charge in [-0.25, -0.2) is 8.42 Å². The highest BCUT2D eigenvalue weighted by atomic mass is 32.2. The molecule has 4 rings (SSSR count). The van der Waals surface area contributed by atoms with Crippen molar-refractivity contribution < 1.29 is 17.9 Å². The predicted octanol–water partition coefficient (Wildman–Crippen LogP) is 3.03. The summed E-state index contributed by atoms with van der Waals surface area (Å²) in [5.74, 6) is 0.205. The molecule has 2 aromatic rings. The Morgan fingerprint density at radius 3 is 2.77 bits per heavy atom. The molecule has 1 saturated carbocycles. The van der Waals surface area contributed by atoms with Crippen LogP contribution in [0.25, 0.3) is 0 Å². The molecule has 1 aromatic carbocycles. The molecule has 168 valence electrons. The molecule has 1 aliphatic carbocycles. The van der Waals surface area contributed by atoms with E-state index in [1.54, 1.807) is 19.1 Å². The van der Waals surface area contributed by atoms with Gasteiger partial charge in [-0.15, -0.1) is 10.2 Å². The van der Waals surface area contributed by atoms with Gasteiger partial charge < -0.3 is 15.4 Å². The normalized spacial score (nSPS) is 16.9. The average Bonchev–Trinajstić information content (AvgIpc) is 3.18. The van der Waals surface area contributed by atoms with Crippen molar-refractivity contribution >= 4 is 49.8 Å². The Balaban J connectivity index is 1.41. The van der Waals surface area contributed by atoms with Gasteiger partial charge in [0.25, 0.3) is 0 Å². The molecule has 1 aromatic heterocycles. The third-order valence-electron chi connectivity index (χ3n) is 4.85. The smallest absolute Gasteiger partial charge is 0.246 e. The number of amides is 1. The highest BCUT2D eigenvalue weighted by Crippen LogP contribution is 2.32. The van der Waals surface area contributed by atoms with Crippen molar-refractivity contribution in [2.24, 2.45) is 0 Å². The number of aromatic nitrogens is 2. The van der Waals surface area contributed by atoms with Crippen LogP contribution in [0.2, 0.25) is 0 Å². The van der Waals surface area contributed by atoms with Gasteiger partial charge in [-0.2, -0.15) is 4.31 Å². The zero-order chi connectivity index (χ0) is 21.8. The minimum Gasteiger partial charge on any atom is -0.492 e. The molecule has 0 radical (unpaired) electrons. The minimum absolute atomic E-state index is 0.0848. The lowest BCUT2D eigenvalue weighted by atomic mass is 10.3. The molecule has 0 spiro atoms. The van der Waals surface area contributed by atoms with Crippen molar-refractivity contribution in [3.63, 3.8) is 0 Å². The largest absolute Gasteiger partial charge is 0.492 e. The molecule has 9 nitrogen and oxygen atoms in total. The van der Waals surface area contributed by atoms with Crippen LogP contribution in [0.5, 0.6) is 5.75 Å². The summed E-state index contributed by atoms with van der Waals surface area (Å²) in [5, 5.41) is 15.0. The summed E-state index contributed by atoms with van der Waals surface area (Å²) in [6.07, 6.45) is 4.00. The molecule has 2 heterocycles. The molecule has 1 aliphatic heterocycles. The van der Waals surface area contributed by atoms with E-state index in [0.29, 0.717) is 41.5 Å². The zero-order valence-electron chi connectivity index (χ0n) is 17.2. The van der Waals surface area contributed by atoms with Gasteiger partial charge in [-0.3, -0.25) is 4.79 Å². The molecule has 0 atom stereocenters. The van der Waals surface area contributed by atoms with Crippen LogP contribution in [0.1, 0.15) is 32.6 Å². The Kier molecular flexibility index (Phi) is 6.99. The number of nitrogens with zero attached hydrogens (tertiary/aromatic N) is 3. The number of nitrogens with one attached hydrogen (secondary N) is 2. The van der Waals surface area contributed by atoms with E-state index in [1.165, 1.54) is 33.5 Å². The third-order valence-corrected chi connectivity index (χ3v) is 8.76. The van der Waals surface area contributed by atoms with Gasteiger partial charge in [-0.1, -0.05) is 23.1 Å². The molecule has 2 fully saturated rings.